The Morgan fingerprint density at radius 3 is 1.61 bits per heavy atom. The third-order valence-electron chi connectivity index (χ3n) is 12.8. The van der Waals surface area contributed by atoms with Gasteiger partial charge in [0.05, 0.1) is 33.5 Å². The second-order valence-corrected chi connectivity index (χ2v) is 16.6. The van der Waals surface area contributed by atoms with Crippen LogP contribution < -0.4 is 0 Å². The number of benzene rings is 9. The van der Waals surface area contributed by atoms with Gasteiger partial charge in [-0.2, -0.15) is 0 Å². The van der Waals surface area contributed by atoms with Crippen molar-refractivity contribution < 1.29 is 0 Å². The van der Waals surface area contributed by atoms with Gasteiger partial charge in [-0.05, 0) is 107 Å². The summed E-state index contributed by atoms with van der Waals surface area (Å²) in [6, 6.07) is 81.2. The zero-order valence-corrected chi connectivity index (χ0v) is 35.3. The van der Waals surface area contributed by atoms with E-state index in [0.717, 1.165) is 46.8 Å². The minimum absolute atomic E-state index is 0.899. The highest BCUT2D eigenvalue weighted by Crippen LogP contribution is 2.42. The predicted octanol–water partition coefficient (Wildman–Crippen LogP) is 15.9. The molecule has 0 saturated heterocycles. The average molecular weight is 818 g/mol. The van der Waals surface area contributed by atoms with Gasteiger partial charge >= 0.3 is 0 Å². The van der Waals surface area contributed by atoms with Gasteiger partial charge in [-0.25, -0.2) is 4.99 Å². The Balaban J connectivity index is 1.01. The largest absolute Gasteiger partial charge is 0.309 e. The fraction of sp³-hybridized carbons (Fsp3) is 0.0328. The van der Waals surface area contributed by atoms with E-state index in [2.05, 4.69) is 246 Å². The predicted molar refractivity (Wildman–Crippen MR) is 271 cm³/mol. The van der Waals surface area contributed by atoms with Crippen LogP contribution in [0.15, 0.2) is 242 Å². The summed E-state index contributed by atoms with van der Waals surface area (Å²) in [5, 5.41) is 4.96. The summed E-state index contributed by atoms with van der Waals surface area (Å²) in [5.41, 5.74) is 18.5. The second kappa shape index (κ2) is 15.9. The maximum atomic E-state index is 5.43. The Bertz CT molecular complexity index is 3630. The first-order valence-electron chi connectivity index (χ1n) is 22.2. The van der Waals surface area contributed by atoms with Crippen molar-refractivity contribution in [3.05, 3.63) is 253 Å². The van der Waals surface area contributed by atoms with Crippen molar-refractivity contribution in [2.75, 3.05) is 0 Å². The van der Waals surface area contributed by atoms with E-state index in [1.165, 1.54) is 77.0 Å². The smallest absolute Gasteiger partial charge is 0.0712 e. The van der Waals surface area contributed by atoms with Crippen LogP contribution in [0.25, 0.3) is 88.5 Å². The van der Waals surface area contributed by atoms with E-state index in [4.69, 9.17) is 4.99 Å². The molecule has 302 valence electrons. The number of hydrogen-bond donors (Lipinski definition) is 0. The van der Waals surface area contributed by atoms with Gasteiger partial charge in [-0.3, -0.25) is 0 Å². The quantitative estimate of drug-likeness (QED) is 0.153. The lowest BCUT2D eigenvalue weighted by Crippen LogP contribution is -2.02. The van der Waals surface area contributed by atoms with E-state index in [9.17, 15) is 0 Å². The normalized spacial score (nSPS) is 15.6. The zero-order chi connectivity index (χ0) is 42.4. The Labute approximate surface area is 372 Å². The molecule has 0 unspecified atom stereocenters. The van der Waals surface area contributed by atoms with E-state index in [0.29, 0.717) is 0 Å². The van der Waals surface area contributed by atoms with E-state index >= 15 is 0 Å². The van der Waals surface area contributed by atoms with Gasteiger partial charge in [-0.1, -0.05) is 176 Å². The molecule has 0 N–H and O–H groups in total. The van der Waals surface area contributed by atoms with Gasteiger partial charge in [0.2, 0.25) is 0 Å². The topological polar surface area (TPSA) is 22.2 Å². The van der Waals surface area contributed by atoms with Crippen molar-refractivity contribution in [1.29, 1.82) is 0 Å². The van der Waals surface area contributed by atoms with Crippen LogP contribution in [0.4, 0.5) is 0 Å². The van der Waals surface area contributed by atoms with Crippen molar-refractivity contribution in [3.63, 3.8) is 0 Å². The third-order valence-corrected chi connectivity index (χ3v) is 12.8. The molecule has 3 heteroatoms. The molecule has 0 radical (unpaired) electrons. The maximum absolute atomic E-state index is 5.43. The lowest BCUT2D eigenvalue weighted by atomic mass is 9.94. The first-order valence-corrected chi connectivity index (χ1v) is 22.2. The van der Waals surface area contributed by atoms with Crippen molar-refractivity contribution in [2.45, 2.75) is 12.8 Å². The highest BCUT2D eigenvalue weighted by atomic mass is 15.0. The molecule has 0 bridgehead atoms. The van der Waals surface area contributed by atoms with E-state index in [-0.39, 0.29) is 0 Å². The molecule has 12 rings (SSSR count). The Morgan fingerprint density at radius 2 is 0.891 bits per heavy atom. The van der Waals surface area contributed by atoms with Crippen molar-refractivity contribution in [1.82, 2.24) is 9.13 Å². The van der Waals surface area contributed by atoms with Crippen LogP contribution in [0.3, 0.4) is 0 Å². The molecule has 1 aliphatic heterocycles. The molecule has 0 fully saturated rings. The van der Waals surface area contributed by atoms with E-state index < -0.39 is 0 Å². The number of aromatic nitrogens is 2. The molecule has 11 aromatic rings. The van der Waals surface area contributed by atoms with Gasteiger partial charge in [0, 0.05) is 44.0 Å². The molecule has 0 aliphatic carbocycles. The summed E-state index contributed by atoms with van der Waals surface area (Å²) in [5.74, 6) is 0. The lowest BCUT2D eigenvalue weighted by molar-refractivity contribution is 1.06. The van der Waals surface area contributed by atoms with Crippen molar-refractivity contribution >= 4 is 60.6 Å². The summed E-state index contributed by atoms with van der Waals surface area (Å²) < 4.78 is 4.83. The number of para-hydroxylation sites is 3. The fourth-order valence-corrected chi connectivity index (χ4v) is 9.82. The molecule has 2 aromatic heterocycles. The number of nitrogens with zero attached hydrogens (tertiary/aromatic N) is 3. The number of allylic oxidation sites excluding steroid dienone is 3. The number of fused-ring (bicyclic) bond motifs is 6. The minimum Gasteiger partial charge on any atom is -0.309 e. The number of rotatable bonds is 7. The van der Waals surface area contributed by atoms with Crippen molar-refractivity contribution in [2.24, 2.45) is 4.99 Å². The molecular weight excluding hydrogens is 775 g/mol. The molecule has 3 heterocycles. The summed E-state index contributed by atoms with van der Waals surface area (Å²) in [4.78, 5) is 5.43. The summed E-state index contributed by atoms with van der Waals surface area (Å²) in [7, 11) is 0. The molecule has 1 aliphatic rings. The molecule has 3 nitrogen and oxygen atoms in total. The second-order valence-electron chi connectivity index (χ2n) is 16.6. The first-order chi connectivity index (χ1) is 31.7. The number of hydrogen-bond acceptors (Lipinski definition) is 1. The van der Waals surface area contributed by atoms with Gasteiger partial charge in [0.15, 0.2) is 0 Å². The van der Waals surface area contributed by atoms with Crippen LogP contribution in [-0.4, -0.2) is 14.8 Å². The zero-order valence-electron chi connectivity index (χ0n) is 35.3. The first kappa shape index (κ1) is 37.5. The molecule has 9 aromatic carbocycles. The number of aliphatic imine (C=N–C) groups is 1. The van der Waals surface area contributed by atoms with Crippen LogP contribution in [-0.2, 0) is 0 Å². The monoisotopic (exact) mass is 817 g/mol. The standard InChI is InChI=1S/C61H43N3/c1-5-18-42(19-6-1)44-22-16-31-55(62-56(39-44)43-20-7-2-8-21-43)48-24-15-23-47(38-48)51-30-17-33-58-61(51)54-37-35-46(41-60(54)64(58)50-27-11-4-12-28-50)45-34-36-53-52-29-13-14-32-57(52)63(59(53)40-45)49-25-9-3-10-26-49/h1-15,17-21,23-41H,16,22H2/b44-39+,55-31-,62-56+. The minimum atomic E-state index is 0.899. The van der Waals surface area contributed by atoms with Crippen LogP contribution in [0.2, 0.25) is 0 Å². The fourth-order valence-electron chi connectivity index (χ4n) is 9.82. The van der Waals surface area contributed by atoms with E-state index in [1.54, 1.807) is 0 Å². The summed E-state index contributed by atoms with van der Waals surface area (Å²) in [6.07, 6.45) is 6.44. The van der Waals surface area contributed by atoms with Gasteiger partial charge in [0.25, 0.3) is 0 Å². The third kappa shape index (κ3) is 6.58. The summed E-state index contributed by atoms with van der Waals surface area (Å²) in [6.45, 7) is 0. The average Bonchev–Trinajstić information content (AvgIpc) is 3.87. The van der Waals surface area contributed by atoms with Crippen molar-refractivity contribution in [3.8, 4) is 33.6 Å². The van der Waals surface area contributed by atoms with Crippen LogP contribution in [0.1, 0.15) is 29.5 Å². The molecule has 0 saturated carbocycles. The SMILES string of the molecule is C1=C(c2cccc(-c3cccc4c3c3ccc(-c5ccc6c7ccccc7n(-c7ccccc7)c6c5)cc3n4-c3ccccc3)c2)/N=C(c2ccccc2)\C=C(\c2ccccc2)CC\1. The van der Waals surface area contributed by atoms with Gasteiger partial charge in [-0.15, -0.1) is 0 Å². The summed E-state index contributed by atoms with van der Waals surface area (Å²) >= 11 is 0. The van der Waals surface area contributed by atoms with E-state index in [1.807, 2.05) is 0 Å². The highest BCUT2D eigenvalue weighted by Gasteiger charge is 2.19. The Morgan fingerprint density at radius 1 is 0.359 bits per heavy atom. The van der Waals surface area contributed by atoms with Gasteiger partial charge in [0.1, 0.15) is 0 Å². The lowest BCUT2D eigenvalue weighted by Gasteiger charge is -2.15. The Kier molecular flexibility index (Phi) is 9.31. The molecule has 0 amide bonds. The van der Waals surface area contributed by atoms with Crippen LogP contribution >= 0.6 is 0 Å². The molecule has 0 atom stereocenters. The molecular formula is C61H43N3. The van der Waals surface area contributed by atoms with Crippen LogP contribution in [0.5, 0.6) is 0 Å². The van der Waals surface area contributed by atoms with Gasteiger partial charge < -0.3 is 9.13 Å². The Hall–Kier alpha value is -8.27. The molecule has 0 spiro atoms. The highest BCUT2D eigenvalue weighted by molar-refractivity contribution is 6.17. The maximum Gasteiger partial charge on any atom is 0.0712 e. The molecule has 64 heavy (non-hydrogen) atoms. The van der Waals surface area contributed by atoms with Crippen LogP contribution in [0, 0.1) is 0 Å².